The van der Waals surface area contributed by atoms with Crippen molar-refractivity contribution in [2.24, 2.45) is 5.92 Å². The molecular weight excluding hydrogens is 252 g/mol. The first-order valence-corrected chi connectivity index (χ1v) is 7.50. The molecule has 0 aromatic heterocycles. The molecular formula is C16H22N2O2. The molecule has 0 atom stereocenters. The Hall–Kier alpha value is -1.55. The summed E-state index contributed by atoms with van der Waals surface area (Å²) in [5.41, 5.74) is 1.03. The molecule has 1 amide bonds. The van der Waals surface area contributed by atoms with Crippen molar-refractivity contribution >= 4 is 6.09 Å². The fourth-order valence-corrected chi connectivity index (χ4v) is 2.49. The molecule has 1 N–H and O–H groups in total. The van der Waals surface area contributed by atoms with Crippen molar-refractivity contribution < 1.29 is 9.53 Å². The van der Waals surface area contributed by atoms with E-state index in [1.807, 2.05) is 30.3 Å². The van der Waals surface area contributed by atoms with Gasteiger partial charge in [-0.3, -0.25) is 0 Å². The third-order valence-corrected chi connectivity index (χ3v) is 3.98. The number of carbonyl (C=O) groups excluding carboxylic acids is 1. The number of hydrogen-bond donors (Lipinski definition) is 1. The standard InChI is InChI=1S/C16H22N2O2/c19-16(20-12-13-4-2-1-3-5-13)18-10-14(11-18)8-9-17-15-6-7-15/h1-5,14-15,17H,6-12H2. The summed E-state index contributed by atoms with van der Waals surface area (Å²) in [6.07, 6.45) is 3.66. The number of likely N-dealkylation sites (tertiary alicyclic amines) is 1. The predicted molar refractivity (Wildman–Crippen MR) is 77.3 cm³/mol. The molecule has 1 saturated carbocycles. The second kappa shape index (κ2) is 6.27. The Morgan fingerprint density at radius 3 is 2.70 bits per heavy atom. The molecule has 0 spiro atoms. The molecule has 0 bridgehead atoms. The molecule has 4 nitrogen and oxygen atoms in total. The number of rotatable bonds is 6. The highest BCUT2D eigenvalue weighted by Crippen LogP contribution is 2.22. The highest BCUT2D eigenvalue weighted by Gasteiger charge is 2.31. The van der Waals surface area contributed by atoms with Gasteiger partial charge in [0.1, 0.15) is 6.61 Å². The van der Waals surface area contributed by atoms with Gasteiger partial charge in [-0.25, -0.2) is 4.79 Å². The molecule has 2 aliphatic rings. The van der Waals surface area contributed by atoms with E-state index in [0.29, 0.717) is 12.5 Å². The number of carbonyl (C=O) groups is 1. The maximum Gasteiger partial charge on any atom is 0.410 e. The third kappa shape index (κ3) is 3.73. The summed E-state index contributed by atoms with van der Waals surface area (Å²) >= 11 is 0. The average molecular weight is 274 g/mol. The van der Waals surface area contributed by atoms with Crippen LogP contribution in [0.4, 0.5) is 4.79 Å². The Morgan fingerprint density at radius 2 is 2.00 bits per heavy atom. The van der Waals surface area contributed by atoms with Crippen LogP contribution in [0.25, 0.3) is 0 Å². The molecule has 0 unspecified atom stereocenters. The molecule has 1 heterocycles. The van der Waals surface area contributed by atoms with Gasteiger partial charge in [-0.1, -0.05) is 30.3 Å². The van der Waals surface area contributed by atoms with E-state index in [-0.39, 0.29) is 6.09 Å². The van der Waals surface area contributed by atoms with Crippen molar-refractivity contribution in [2.75, 3.05) is 19.6 Å². The maximum atomic E-state index is 11.8. The molecule has 0 radical (unpaired) electrons. The monoisotopic (exact) mass is 274 g/mol. The van der Waals surface area contributed by atoms with E-state index in [9.17, 15) is 4.79 Å². The van der Waals surface area contributed by atoms with Gasteiger partial charge in [0.15, 0.2) is 0 Å². The Balaban J connectivity index is 1.29. The summed E-state index contributed by atoms with van der Waals surface area (Å²) < 4.78 is 5.30. The first-order chi connectivity index (χ1) is 9.81. The van der Waals surface area contributed by atoms with Crippen LogP contribution in [0.2, 0.25) is 0 Å². The minimum absolute atomic E-state index is 0.180. The Bertz CT molecular complexity index is 439. The van der Waals surface area contributed by atoms with E-state index in [0.717, 1.165) is 31.2 Å². The molecule has 3 rings (SSSR count). The summed E-state index contributed by atoms with van der Waals surface area (Å²) in [5, 5.41) is 3.51. The van der Waals surface area contributed by atoms with Gasteiger partial charge in [0.05, 0.1) is 0 Å². The van der Waals surface area contributed by atoms with E-state index in [1.165, 1.54) is 19.3 Å². The number of nitrogens with one attached hydrogen (secondary N) is 1. The zero-order valence-corrected chi connectivity index (χ0v) is 11.8. The lowest BCUT2D eigenvalue weighted by atomic mass is 9.97. The van der Waals surface area contributed by atoms with Crippen LogP contribution in [-0.2, 0) is 11.3 Å². The Morgan fingerprint density at radius 1 is 1.25 bits per heavy atom. The van der Waals surface area contributed by atoms with Crippen LogP contribution in [0, 0.1) is 5.92 Å². The summed E-state index contributed by atoms with van der Waals surface area (Å²) in [6, 6.07) is 10.6. The molecule has 1 aromatic carbocycles. The molecule has 20 heavy (non-hydrogen) atoms. The number of nitrogens with zero attached hydrogens (tertiary/aromatic N) is 1. The number of ether oxygens (including phenoxy) is 1. The average Bonchev–Trinajstić information content (AvgIpc) is 3.24. The van der Waals surface area contributed by atoms with Crippen LogP contribution in [0.3, 0.4) is 0 Å². The zero-order chi connectivity index (χ0) is 13.8. The van der Waals surface area contributed by atoms with Crippen LogP contribution >= 0.6 is 0 Å². The van der Waals surface area contributed by atoms with E-state index in [4.69, 9.17) is 4.74 Å². The van der Waals surface area contributed by atoms with Crippen LogP contribution in [0.5, 0.6) is 0 Å². The van der Waals surface area contributed by atoms with Gasteiger partial charge in [0.25, 0.3) is 0 Å². The fraction of sp³-hybridized carbons (Fsp3) is 0.562. The fourth-order valence-electron chi connectivity index (χ4n) is 2.49. The van der Waals surface area contributed by atoms with Gasteiger partial charge < -0.3 is 15.0 Å². The van der Waals surface area contributed by atoms with Crippen molar-refractivity contribution in [3.05, 3.63) is 35.9 Å². The topological polar surface area (TPSA) is 41.6 Å². The van der Waals surface area contributed by atoms with Gasteiger partial charge in [0, 0.05) is 19.1 Å². The molecule has 4 heteroatoms. The third-order valence-electron chi connectivity index (χ3n) is 3.98. The quantitative estimate of drug-likeness (QED) is 0.866. The van der Waals surface area contributed by atoms with E-state index >= 15 is 0 Å². The van der Waals surface area contributed by atoms with Gasteiger partial charge >= 0.3 is 6.09 Å². The summed E-state index contributed by atoms with van der Waals surface area (Å²) in [6.45, 7) is 3.15. The smallest absolute Gasteiger partial charge is 0.410 e. The molecule has 1 aromatic rings. The van der Waals surface area contributed by atoms with Gasteiger partial charge in [-0.15, -0.1) is 0 Å². The van der Waals surface area contributed by atoms with Crippen LogP contribution in [0.15, 0.2) is 30.3 Å². The minimum atomic E-state index is -0.180. The molecule has 108 valence electrons. The van der Waals surface area contributed by atoms with Crippen molar-refractivity contribution in [3.63, 3.8) is 0 Å². The van der Waals surface area contributed by atoms with E-state index in [1.54, 1.807) is 4.90 Å². The lowest BCUT2D eigenvalue weighted by Gasteiger charge is -2.38. The first kappa shape index (κ1) is 13.4. The lowest BCUT2D eigenvalue weighted by Crippen LogP contribution is -2.50. The van der Waals surface area contributed by atoms with Crippen molar-refractivity contribution in [2.45, 2.75) is 31.9 Å². The summed E-state index contributed by atoms with van der Waals surface area (Å²) in [5.74, 6) is 0.644. The molecule has 1 aliphatic carbocycles. The van der Waals surface area contributed by atoms with Crippen molar-refractivity contribution in [3.8, 4) is 0 Å². The van der Waals surface area contributed by atoms with Crippen LogP contribution in [-0.4, -0.2) is 36.7 Å². The Kier molecular flexibility index (Phi) is 4.21. The zero-order valence-electron chi connectivity index (χ0n) is 11.8. The van der Waals surface area contributed by atoms with Crippen molar-refractivity contribution in [1.29, 1.82) is 0 Å². The van der Waals surface area contributed by atoms with E-state index in [2.05, 4.69) is 5.32 Å². The molecule has 2 fully saturated rings. The molecule has 1 saturated heterocycles. The number of benzene rings is 1. The number of amides is 1. The largest absolute Gasteiger partial charge is 0.445 e. The lowest BCUT2D eigenvalue weighted by molar-refractivity contribution is 0.0472. The van der Waals surface area contributed by atoms with Gasteiger partial charge in [-0.2, -0.15) is 0 Å². The van der Waals surface area contributed by atoms with Gasteiger partial charge in [-0.05, 0) is 37.3 Å². The van der Waals surface area contributed by atoms with Crippen molar-refractivity contribution in [1.82, 2.24) is 10.2 Å². The van der Waals surface area contributed by atoms with E-state index < -0.39 is 0 Å². The van der Waals surface area contributed by atoms with Crippen LogP contribution in [0.1, 0.15) is 24.8 Å². The predicted octanol–water partition coefficient (Wildman–Crippen LogP) is 2.40. The number of hydrogen-bond acceptors (Lipinski definition) is 3. The second-order valence-electron chi connectivity index (χ2n) is 5.83. The Labute approximate surface area is 120 Å². The maximum absolute atomic E-state index is 11.8. The second-order valence-corrected chi connectivity index (χ2v) is 5.83. The van der Waals surface area contributed by atoms with Gasteiger partial charge in [0.2, 0.25) is 0 Å². The minimum Gasteiger partial charge on any atom is -0.445 e. The van der Waals surface area contributed by atoms with Crippen LogP contribution < -0.4 is 5.32 Å². The normalized spacial score (nSPS) is 18.7. The SMILES string of the molecule is O=C(OCc1ccccc1)N1CC(CCNC2CC2)C1. The highest BCUT2D eigenvalue weighted by molar-refractivity contribution is 5.68. The highest BCUT2D eigenvalue weighted by atomic mass is 16.6. The summed E-state index contributed by atoms with van der Waals surface area (Å²) in [4.78, 5) is 13.6. The molecule has 1 aliphatic heterocycles. The first-order valence-electron chi connectivity index (χ1n) is 7.50. The summed E-state index contributed by atoms with van der Waals surface area (Å²) in [7, 11) is 0.